The Kier molecular flexibility index (Phi) is 4.12. The molecule has 1 aliphatic heterocycles. The van der Waals surface area contributed by atoms with E-state index < -0.39 is 5.54 Å². The van der Waals surface area contributed by atoms with Crippen molar-refractivity contribution in [3.05, 3.63) is 0 Å². The van der Waals surface area contributed by atoms with Crippen molar-refractivity contribution in [2.24, 2.45) is 0 Å². The molecule has 1 aliphatic rings. The molecule has 0 amide bonds. The Morgan fingerprint density at radius 1 is 0.846 bits per heavy atom. The summed E-state index contributed by atoms with van der Waals surface area (Å²) in [5.74, 6) is 0. The van der Waals surface area contributed by atoms with Gasteiger partial charge in [-0.15, -0.1) is 0 Å². The van der Waals surface area contributed by atoms with E-state index in [1.165, 1.54) is 6.42 Å². The van der Waals surface area contributed by atoms with Gasteiger partial charge in [0, 0.05) is 0 Å². The fourth-order valence-electron chi connectivity index (χ4n) is 1.82. The summed E-state index contributed by atoms with van der Waals surface area (Å²) in [6, 6.07) is 0. The number of nitrogens with zero attached hydrogens (tertiary/aromatic N) is 1. The monoisotopic (exact) mass is 189 g/mol. The fourth-order valence-corrected chi connectivity index (χ4v) is 1.82. The molecule has 0 aromatic carbocycles. The van der Waals surface area contributed by atoms with Gasteiger partial charge in [-0.3, -0.25) is 4.90 Å². The van der Waals surface area contributed by atoms with E-state index in [2.05, 4.69) is 0 Å². The van der Waals surface area contributed by atoms with Crippen molar-refractivity contribution in [2.45, 2.75) is 24.8 Å². The third-order valence-corrected chi connectivity index (χ3v) is 2.91. The highest BCUT2D eigenvalue weighted by Gasteiger charge is 2.35. The molecule has 0 atom stereocenters. The Bertz CT molecular complexity index is 134. The van der Waals surface area contributed by atoms with Gasteiger partial charge in [-0.2, -0.15) is 0 Å². The van der Waals surface area contributed by atoms with Crippen LogP contribution in [0.25, 0.3) is 0 Å². The van der Waals surface area contributed by atoms with Crippen LogP contribution >= 0.6 is 0 Å². The topological polar surface area (TPSA) is 63.9 Å². The summed E-state index contributed by atoms with van der Waals surface area (Å²) in [6.07, 6.45) is 3.37. The average Bonchev–Trinajstić information content (AvgIpc) is 2.23. The fraction of sp³-hybridized carbons (Fsp3) is 1.00. The normalized spacial score (nSPS) is 20.5. The second-order valence-electron chi connectivity index (χ2n) is 3.75. The third-order valence-electron chi connectivity index (χ3n) is 2.91. The van der Waals surface area contributed by atoms with Gasteiger partial charge in [-0.05, 0) is 25.9 Å². The second kappa shape index (κ2) is 4.91. The van der Waals surface area contributed by atoms with Gasteiger partial charge in [0.1, 0.15) is 0 Å². The van der Waals surface area contributed by atoms with Crippen LogP contribution in [0.5, 0.6) is 0 Å². The van der Waals surface area contributed by atoms with Gasteiger partial charge < -0.3 is 15.3 Å². The molecule has 0 spiro atoms. The first-order chi connectivity index (χ1) is 6.29. The quantitative estimate of drug-likeness (QED) is 0.541. The number of likely N-dealkylation sites (tertiary alicyclic amines) is 1. The molecule has 0 aromatic rings. The Morgan fingerprint density at radius 2 is 1.31 bits per heavy atom. The molecule has 78 valence electrons. The Hall–Kier alpha value is -0.160. The first kappa shape index (κ1) is 10.9. The maximum absolute atomic E-state index is 9.17. The number of hydrogen-bond donors (Lipinski definition) is 3. The lowest BCUT2D eigenvalue weighted by Crippen LogP contribution is -2.58. The lowest BCUT2D eigenvalue weighted by molar-refractivity contribution is -0.0552. The maximum atomic E-state index is 9.17. The third kappa shape index (κ3) is 2.20. The lowest BCUT2D eigenvalue weighted by atomic mass is 9.97. The Morgan fingerprint density at radius 3 is 1.69 bits per heavy atom. The van der Waals surface area contributed by atoms with Gasteiger partial charge in [0.15, 0.2) is 0 Å². The highest BCUT2D eigenvalue weighted by Crippen LogP contribution is 2.20. The molecular formula is C9H19NO3. The summed E-state index contributed by atoms with van der Waals surface area (Å²) < 4.78 is 0. The molecule has 4 nitrogen and oxygen atoms in total. The number of aliphatic hydroxyl groups excluding tert-OH is 3. The highest BCUT2D eigenvalue weighted by molar-refractivity contribution is 4.90. The number of rotatable bonds is 4. The van der Waals surface area contributed by atoms with E-state index in [1.807, 2.05) is 4.90 Å². The summed E-state index contributed by atoms with van der Waals surface area (Å²) in [6.45, 7) is 1.18. The Balaban J connectivity index is 2.60. The van der Waals surface area contributed by atoms with Crippen molar-refractivity contribution < 1.29 is 15.3 Å². The van der Waals surface area contributed by atoms with Crippen LogP contribution in [0.2, 0.25) is 0 Å². The van der Waals surface area contributed by atoms with E-state index in [0.29, 0.717) is 0 Å². The van der Waals surface area contributed by atoms with Gasteiger partial charge in [0.2, 0.25) is 0 Å². The van der Waals surface area contributed by atoms with Crippen LogP contribution in [0.4, 0.5) is 0 Å². The molecule has 0 saturated carbocycles. The molecule has 13 heavy (non-hydrogen) atoms. The molecule has 0 radical (unpaired) electrons. The smallest absolute Gasteiger partial charge is 0.0906 e. The first-order valence-electron chi connectivity index (χ1n) is 4.87. The summed E-state index contributed by atoms with van der Waals surface area (Å²) in [7, 11) is 0. The zero-order valence-electron chi connectivity index (χ0n) is 7.95. The van der Waals surface area contributed by atoms with Crippen LogP contribution in [-0.4, -0.2) is 58.7 Å². The molecular weight excluding hydrogens is 170 g/mol. The number of hydrogen-bond acceptors (Lipinski definition) is 4. The lowest BCUT2D eigenvalue weighted by Gasteiger charge is -2.42. The molecule has 4 heteroatoms. The zero-order valence-corrected chi connectivity index (χ0v) is 7.95. The maximum Gasteiger partial charge on any atom is 0.0906 e. The predicted molar refractivity (Wildman–Crippen MR) is 49.4 cm³/mol. The minimum absolute atomic E-state index is 0.181. The van der Waals surface area contributed by atoms with E-state index in [1.54, 1.807) is 0 Å². The summed E-state index contributed by atoms with van der Waals surface area (Å²) in [4.78, 5) is 2.00. The van der Waals surface area contributed by atoms with Crippen LogP contribution in [-0.2, 0) is 0 Å². The molecule has 1 fully saturated rings. The molecule has 1 heterocycles. The van der Waals surface area contributed by atoms with Gasteiger partial charge in [-0.25, -0.2) is 0 Å². The van der Waals surface area contributed by atoms with Gasteiger partial charge >= 0.3 is 0 Å². The van der Waals surface area contributed by atoms with Crippen molar-refractivity contribution >= 4 is 0 Å². The molecule has 1 saturated heterocycles. The van der Waals surface area contributed by atoms with Crippen LogP contribution < -0.4 is 0 Å². The highest BCUT2D eigenvalue weighted by atomic mass is 16.3. The van der Waals surface area contributed by atoms with Crippen LogP contribution in [0.1, 0.15) is 19.3 Å². The van der Waals surface area contributed by atoms with Gasteiger partial charge in [0.25, 0.3) is 0 Å². The number of aliphatic hydroxyl groups is 3. The van der Waals surface area contributed by atoms with Crippen LogP contribution in [0.15, 0.2) is 0 Å². The molecule has 3 N–H and O–H groups in total. The number of piperidine rings is 1. The average molecular weight is 189 g/mol. The van der Waals surface area contributed by atoms with Crippen molar-refractivity contribution in [1.29, 1.82) is 0 Å². The second-order valence-corrected chi connectivity index (χ2v) is 3.75. The summed E-state index contributed by atoms with van der Waals surface area (Å²) in [5.41, 5.74) is -0.805. The SMILES string of the molecule is OCC(CO)(CO)N1CCCCC1. The van der Waals surface area contributed by atoms with Crippen molar-refractivity contribution in [1.82, 2.24) is 4.90 Å². The van der Waals surface area contributed by atoms with Gasteiger partial charge in [-0.1, -0.05) is 6.42 Å². The Labute approximate surface area is 78.8 Å². The summed E-state index contributed by atoms with van der Waals surface area (Å²) in [5, 5.41) is 27.5. The molecule has 0 aliphatic carbocycles. The van der Waals surface area contributed by atoms with Crippen molar-refractivity contribution in [3.8, 4) is 0 Å². The van der Waals surface area contributed by atoms with E-state index in [9.17, 15) is 0 Å². The van der Waals surface area contributed by atoms with E-state index in [4.69, 9.17) is 15.3 Å². The largest absolute Gasteiger partial charge is 0.394 e. The minimum Gasteiger partial charge on any atom is -0.394 e. The summed E-state index contributed by atoms with van der Waals surface area (Å²) >= 11 is 0. The van der Waals surface area contributed by atoms with Crippen LogP contribution in [0, 0.1) is 0 Å². The molecule has 0 bridgehead atoms. The predicted octanol–water partition coefficient (Wildman–Crippen LogP) is -0.812. The molecule has 0 aromatic heterocycles. The van der Waals surface area contributed by atoms with E-state index in [0.717, 1.165) is 25.9 Å². The molecule has 0 unspecified atom stereocenters. The van der Waals surface area contributed by atoms with Gasteiger partial charge in [0.05, 0.1) is 25.4 Å². The standard InChI is InChI=1S/C9H19NO3/c11-6-9(7-12,8-13)10-4-2-1-3-5-10/h11-13H,1-8H2. The van der Waals surface area contributed by atoms with Crippen molar-refractivity contribution in [3.63, 3.8) is 0 Å². The minimum atomic E-state index is -0.805. The van der Waals surface area contributed by atoms with E-state index in [-0.39, 0.29) is 19.8 Å². The first-order valence-corrected chi connectivity index (χ1v) is 4.87. The van der Waals surface area contributed by atoms with E-state index >= 15 is 0 Å². The van der Waals surface area contributed by atoms with Crippen LogP contribution in [0.3, 0.4) is 0 Å². The zero-order chi connectivity index (χ0) is 9.73. The van der Waals surface area contributed by atoms with Crippen molar-refractivity contribution in [2.75, 3.05) is 32.9 Å². The molecule has 1 rings (SSSR count).